The molecule has 5 heteroatoms. The topological polar surface area (TPSA) is 46.1 Å². The number of para-hydroxylation sites is 1. The second-order valence-electron chi connectivity index (χ2n) is 5.26. The van der Waals surface area contributed by atoms with Gasteiger partial charge in [-0.15, -0.1) is 0 Å². The van der Waals surface area contributed by atoms with Crippen molar-refractivity contribution in [2.75, 3.05) is 19.8 Å². The first-order chi connectivity index (χ1) is 9.65. The minimum atomic E-state index is 0.102. The first-order valence-corrected chi connectivity index (χ1v) is 7.73. The van der Waals surface area contributed by atoms with Gasteiger partial charge >= 0.3 is 0 Å². The summed E-state index contributed by atoms with van der Waals surface area (Å²) >= 11 is 1.50. The molecule has 1 fully saturated rings. The summed E-state index contributed by atoms with van der Waals surface area (Å²) in [4.78, 5) is 22.7. The number of thioether (sulfide) groups is 1. The number of benzene rings is 1. The van der Waals surface area contributed by atoms with E-state index >= 15 is 0 Å². The van der Waals surface area contributed by atoms with E-state index in [1.54, 1.807) is 19.0 Å². The van der Waals surface area contributed by atoms with Crippen molar-refractivity contribution in [3.8, 4) is 0 Å². The lowest BCUT2D eigenvalue weighted by Crippen LogP contribution is -2.23. The number of carbonyl (C=O) groups excluding carboxylic acids is 1. The van der Waals surface area contributed by atoms with Crippen molar-refractivity contribution in [1.29, 1.82) is 0 Å². The van der Waals surface area contributed by atoms with Crippen molar-refractivity contribution in [3.05, 3.63) is 30.1 Å². The van der Waals surface area contributed by atoms with Gasteiger partial charge in [0.25, 0.3) is 0 Å². The molecule has 1 aliphatic carbocycles. The summed E-state index contributed by atoms with van der Waals surface area (Å²) in [5, 5.41) is 1.96. The fourth-order valence-electron chi connectivity index (χ4n) is 1.96. The van der Waals surface area contributed by atoms with Crippen molar-refractivity contribution >= 4 is 28.6 Å². The number of aromatic nitrogens is 2. The van der Waals surface area contributed by atoms with Gasteiger partial charge in [-0.1, -0.05) is 30.0 Å². The smallest absolute Gasteiger partial charge is 0.232 e. The Morgan fingerprint density at radius 1 is 1.30 bits per heavy atom. The Morgan fingerprint density at radius 3 is 2.75 bits per heavy atom. The number of fused-ring (bicyclic) bond motifs is 1. The molecule has 3 rings (SSSR count). The monoisotopic (exact) mass is 287 g/mol. The molecule has 1 aromatic carbocycles. The molecule has 1 saturated carbocycles. The molecule has 4 nitrogen and oxygen atoms in total. The van der Waals surface area contributed by atoms with Crippen LogP contribution >= 0.6 is 11.8 Å². The Balaban J connectivity index is 1.93. The molecular formula is C15H17N3OS. The SMILES string of the molecule is CN(C)C(=O)CSc1nc(C2CC2)nc2ccccc12. The van der Waals surface area contributed by atoms with Gasteiger partial charge in [0.05, 0.1) is 11.3 Å². The number of nitrogens with zero attached hydrogens (tertiary/aromatic N) is 3. The van der Waals surface area contributed by atoms with Crippen LogP contribution in [0.3, 0.4) is 0 Å². The molecule has 0 bridgehead atoms. The normalized spacial score (nSPS) is 14.5. The zero-order valence-electron chi connectivity index (χ0n) is 11.7. The highest BCUT2D eigenvalue weighted by Gasteiger charge is 2.27. The summed E-state index contributed by atoms with van der Waals surface area (Å²) in [6.45, 7) is 0. The maximum Gasteiger partial charge on any atom is 0.232 e. The summed E-state index contributed by atoms with van der Waals surface area (Å²) in [6, 6.07) is 8.01. The number of hydrogen-bond donors (Lipinski definition) is 0. The lowest BCUT2D eigenvalue weighted by molar-refractivity contribution is -0.125. The van der Waals surface area contributed by atoms with Gasteiger partial charge in [0.1, 0.15) is 10.9 Å². The highest BCUT2D eigenvalue weighted by atomic mass is 32.2. The van der Waals surface area contributed by atoms with Crippen LogP contribution in [0, 0.1) is 0 Å². The molecule has 1 heterocycles. The lowest BCUT2D eigenvalue weighted by Gasteiger charge is -2.11. The minimum Gasteiger partial charge on any atom is -0.348 e. The summed E-state index contributed by atoms with van der Waals surface area (Å²) in [6.07, 6.45) is 2.36. The first-order valence-electron chi connectivity index (χ1n) is 6.75. The Hall–Kier alpha value is -1.62. The highest BCUT2D eigenvalue weighted by Crippen LogP contribution is 2.39. The molecule has 1 aromatic heterocycles. The van der Waals surface area contributed by atoms with E-state index in [1.165, 1.54) is 24.6 Å². The zero-order valence-corrected chi connectivity index (χ0v) is 12.5. The van der Waals surface area contributed by atoms with E-state index in [1.807, 2.05) is 24.3 Å². The number of rotatable bonds is 4. The van der Waals surface area contributed by atoms with Gasteiger partial charge in [0.2, 0.25) is 5.91 Å². The Bertz CT molecular complexity index is 653. The average Bonchev–Trinajstić information content (AvgIpc) is 3.28. The van der Waals surface area contributed by atoms with Crippen LogP contribution in [0.4, 0.5) is 0 Å². The van der Waals surface area contributed by atoms with Gasteiger partial charge in [0, 0.05) is 25.4 Å². The molecule has 0 radical (unpaired) electrons. The van der Waals surface area contributed by atoms with Crippen LogP contribution in [0.25, 0.3) is 10.9 Å². The summed E-state index contributed by atoms with van der Waals surface area (Å²) in [5.41, 5.74) is 0.976. The molecular weight excluding hydrogens is 270 g/mol. The van der Waals surface area contributed by atoms with Crippen LogP contribution in [0.15, 0.2) is 29.3 Å². The molecule has 0 atom stereocenters. The molecule has 0 saturated heterocycles. The van der Waals surface area contributed by atoms with Crippen molar-refractivity contribution < 1.29 is 4.79 Å². The van der Waals surface area contributed by atoms with E-state index in [0.29, 0.717) is 11.7 Å². The largest absolute Gasteiger partial charge is 0.348 e. The minimum absolute atomic E-state index is 0.102. The van der Waals surface area contributed by atoms with E-state index in [0.717, 1.165) is 21.8 Å². The third-order valence-corrected chi connectivity index (χ3v) is 4.34. The molecule has 2 aromatic rings. The second-order valence-corrected chi connectivity index (χ2v) is 6.22. The predicted molar refractivity (Wildman–Crippen MR) is 80.9 cm³/mol. The van der Waals surface area contributed by atoms with Gasteiger partial charge in [-0.3, -0.25) is 4.79 Å². The molecule has 0 spiro atoms. The van der Waals surface area contributed by atoms with Crippen LogP contribution in [0.5, 0.6) is 0 Å². The highest BCUT2D eigenvalue weighted by molar-refractivity contribution is 8.00. The summed E-state index contributed by atoms with van der Waals surface area (Å²) < 4.78 is 0. The van der Waals surface area contributed by atoms with Crippen LogP contribution < -0.4 is 0 Å². The van der Waals surface area contributed by atoms with Crippen LogP contribution in [0.1, 0.15) is 24.6 Å². The molecule has 1 aliphatic rings. The quantitative estimate of drug-likeness (QED) is 0.641. The Morgan fingerprint density at radius 2 is 2.05 bits per heavy atom. The van der Waals surface area contributed by atoms with E-state index in [9.17, 15) is 4.79 Å². The molecule has 0 N–H and O–H groups in total. The van der Waals surface area contributed by atoms with Gasteiger partial charge in [-0.2, -0.15) is 0 Å². The third kappa shape index (κ3) is 2.77. The van der Waals surface area contributed by atoms with E-state index in [-0.39, 0.29) is 5.91 Å². The number of hydrogen-bond acceptors (Lipinski definition) is 4. The predicted octanol–water partition coefficient (Wildman–Crippen LogP) is 2.69. The first kappa shape index (κ1) is 13.4. The molecule has 1 amide bonds. The van der Waals surface area contributed by atoms with E-state index < -0.39 is 0 Å². The number of amides is 1. The Kier molecular flexibility index (Phi) is 3.61. The third-order valence-electron chi connectivity index (χ3n) is 3.36. The van der Waals surface area contributed by atoms with Crippen LogP contribution in [0.2, 0.25) is 0 Å². The van der Waals surface area contributed by atoms with Crippen LogP contribution in [-0.2, 0) is 4.79 Å². The van der Waals surface area contributed by atoms with Gasteiger partial charge in [0.15, 0.2) is 0 Å². The zero-order chi connectivity index (χ0) is 14.1. The van der Waals surface area contributed by atoms with E-state index in [2.05, 4.69) is 9.97 Å². The fourth-order valence-corrected chi connectivity index (χ4v) is 2.96. The maximum absolute atomic E-state index is 11.7. The molecule has 104 valence electrons. The summed E-state index contributed by atoms with van der Waals surface area (Å²) in [5.74, 6) is 1.97. The lowest BCUT2D eigenvalue weighted by atomic mass is 10.2. The van der Waals surface area contributed by atoms with Crippen molar-refractivity contribution in [2.24, 2.45) is 0 Å². The average molecular weight is 287 g/mol. The second kappa shape index (κ2) is 5.40. The van der Waals surface area contributed by atoms with Gasteiger partial charge in [-0.25, -0.2) is 9.97 Å². The van der Waals surface area contributed by atoms with E-state index in [4.69, 9.17) is 0 Å². The number of carbonyl (C=O) groups is 1. The van der Waals surface area contributed by atoms with Crippen molar-refractivity contribution in [1.82, 2.24) is 14.9 Å². The van der Waals surface area contributed by atoms with Crippen molar-refractivity contribution in [3.63, 3.8) is 0 Å². The molecule has 20 heavy (non-hydrogen) atoms. The maximum atomic E-state index is 11.7. The van der Waals surface area contributed by atoms with Crippen LogP contribution in [-0.4, -0.2) is 40.6 Å². The molecule has 0 unspecified atom stereocenters. The fraction of sp³-hybridized carbons (Fsp3) is 0.400. The van der Waals surface area contributed by atoms with Crippen molar-refractivity contribution in [2.45, 2.75) is 23.8 Å². The van der Waals surface area contributed by atoms with Gasteiger partial charge in [-0.05, 0) is 18.9 Å². The summed E-state index contributed by atoms with van der Waals surface area (Å²) in [7, 11) is 3.55. The Labute approximate surface area is 122 Å². The van der Waals surface area contributed by atoms with Gasteiger partial charge < -0.3 is 4.90 Å². The molecule has 0 aliphatic heterocycles. The standard InChI is InChI=1S/C15H17N3OS/c1-18(2)13(19)9-20-15-11-5-3-4-6-12(11)16-14(17-15)10-7-8-10/h3-6,10H,7-9H2,1-2H3.